The van der Waals surface area contributed by atoms with Crippen LogP contribution in [0.3, 0.4) is 0 Å². The third-order valence-corrected chi connectivity index (χ3v) is 3.01. The Morgan fingerprint density at radius 2 is 2.36 bits per heavy atom. The van der Waals surface area contributed by atoms with Crippen molar-refractivity contribution in [1.82, 2.24) is 9.55 Å². The van der Waals surface area contributed by atoms with Gasteiger partial charge in [0, 0.05) is 30.2 Å². The first-order valence-corrected chi connectivity index (χ1v) is 4.98. The molecule has 0 aromatic carbocycles. The Bertz CT molecular complexity index is 284. The fraction of sp³-hybridized carbons (Fsp3) is 0.667. The molecule has 14 heavy (non-hydrogen) atoms. The lowest BCUT2D eigenvalue weighted by Gasteiger charge is -2.26. The zero-order valence-corrected chi connectivity index (χ0v) is 9.11. The summed E-state index contributed by atoms with van der Waals surface area (Å²) in [6, 6.07) is -0.325. The average Bonchev–Trinajstić information content (AvgIpc) is 2.66. The molecule has 0 aliphatic rings. The number of hydrogen-bond acceptors (Lipinski definition) is 3. The maximum atomic E-state index is 10.7. The van der Waals surface area contributed by atoms with E-state index >= 15 is 0 Å². The normalized spacial score (nSPS) is 13.9. The fourth-order valence-electron chi connectivity index (χ4n) is 1.11. The summed E-state index contributed by atoms with van der Waals surface area (Å²) in [5.74, 6) is 0.415. The van der Waals surface area contributed by atoms with Crippen molar-refractivity contribution in [3.63, 3.8) is 0 Å². The Morgan fingerprint density at radius 3 is 2.79 bits per heavy atom. The highest BCUT2D eigenvalue weighted by atomic mass is 35.5. The van der Waals surface area contributed by atoms with Gasteiger partial charge in [0.15, 0.2) is 0 Å². The first kappa shape index (κ1) is 11.2. The van der Waals surface area contributed by atoms with E-state index in [0.717, 1.165) is 0 Å². The van der Waals surface area contributed by atoms with Gasteiger partial charge >= 0.3 is 0 Å². The summed E-state index contributed by atoms with van der Waals surface area (Å²) >= 11 is 5.78. The molecule has 0 saturated heterocycles. The van der Waals surface area contributed by atoms with Crippen LogP contribution in [0.25, 0.3) is 0 Å². The van der Waals surface area contributed by atoms with Gasteiger partial charge in [-0.2, -0.15) is 4.91 Å². The molecule has 0 saturated carbocycles. The van der Waals surface area contributed by atoms with Gasteiger partial charge in [0.2, 0.25) is 0 Å². The van der Waals surface area contributed by atoms with Gasteiger partial charge in [-0.3, -0.25) is 0 Å². The van der Waals surface area contributed by atoms with E-state index in [9.17, 15) is 4.91 Å². The van der Waals surface area contributed by atoms with Gasteiger partial charge in [-0.1, -0.05) is 19.0 Å². The number of rotatable bonds is 5. The first-order valence-electron chi connectivity index (χ1n) is 4.44. The number of aromatic nitrogens is 2. The second kappa shape index (κ2) is 4.55. The van der Waals surface area contributed by atoms with E-state index < -0.39 is 0 Å². The molecule has 1 rings (SSSR count). The molecule has 0 radical (unpaired) electrons. The summed E-state index contributed by atoms with van der Waals surface area (Å²) < 4.78 is 1.83. The van der Waals surface area contributed by atoms with Crippen molar-refractivity contribution in [2.24, 2.45) is 10.6 Å². The van der Waals surface area contributed by atoms with Crippen molar-refractivity contribution in [3.8, 4) is 0 Å². The summed E-state index contributed by atoms with van der Waals surface area (Å²) in [6.07, 6.45) is 5.15. The predicted molar refractivity (Wildman–Crippen MR) is 56.3 cm³/mol. The summed E-state index contributed by atoms with van der Waals surface area (Å²) in [6.45, 7) is 4.40. The van der Waals surface area contributed by atoms with Crippen LogP contribution in [0.5, 0.6) is 0 Å². The van der Waals surface area contributed by atoms with Crippen LogP contribution in [0.4, 0.5) is 0 Å². The standard InChI is InChI=1S/C9H14ClN3O/c1-9(2,6-10)8(12-14)5-13-4-3-11-7-13/h3-4,7-8H,5-6H2,1-2H3. The molecule has 1 heterocycles. The molecule has 0 spiro atoms. The number of nitroso groups, excluding NO2 is 1. The minimum absolute atomic E-state index is 0.284. The summed E-state index contributed by atoms with van der Waals surface area (Å²) in [4.78, 5) is 14.6. The van der Waals surface area contributed by atoms with E-state index in [0.29, 0.717) is 12.4 Å². The second-order valence-electron chi connectivity index (χ2n) is 4.00. The van der Waals surface area contributed by atoms with Gasteiger partial charge in [0.1, 0.15) is 6.04 Å². The minimum atomic E-state index is -0.325. The molecule has 0 amide bonds. The van der Waals surface area contributed by atoms with Gasteiger partial charge in [-0.15, -0.1) is 11.6 Å². The molecule has 0 aliphatic heterocycles. The van der Waals surface area contributed by atoms with Crippen LogP contribution >= 0.6 is 11.6 Å². The van der Waals surface area contributed by atoms with E-state index in [1.807, 2.05) is 24.6 Å². The first-order chi connectivity index (χ1) is 6.60. The van der Waals surface area contributed by atoms with Crippen LogP contribution in [0.2, 0.25) is 0 Å². The Hall–Kier alpha value is -0.900. The maximum Gasteiger partial charge on any atom is 0.116 e. The lowest BCUT2D eigenvalue weighted by molar-refractivity contribution is 0.296. The fourth-order valence-corrected chi connectivity index (χ4v) is 1.28. The molecular weight excluding hydrogens is 202 g/mol. The Kier molecular flexibility index (Phi) is 3.63. The third kappa shape index (κ3) is 2.54. The van der Waals surface area contributed by atoms with E-state index in [-0.39, 0.29) is 11.5 Å². The SMILES string of the molecule is CC(C)(CCl)C(Cn1ccnc1)N=O. The molecule has 78 valence electrons. The van der Waals surface area contributed by atoms with Gasteiger partial charge in [0.25, 0.3) is 0 Å². The van der Waals surface area contributed by atoms with E-state index in [2.05, 4.69) is 10.2 Å². The number of nitrogens with zero attached hydrogens (tertiary/aromatic N) is 3. The monoisotopic (exact) mass is 215 g/mol. The van der Waals surface area contributed by atoms with Gasteiger partial charge in [0.05, 0.1) is 6.33 Å². The molecule has 0 N–H and O–H groups in total. The molecule has 5 heteroatoms. The summed E-state index contributed by atoms with van der Waals surface area (Å²) in [7, 11) is 0. The van der Waals surface area contributed by atoms with E-state index in [1.165, 1.54) is 0 Å². The van der Waals surface area contributed by atoms with Crippen molar-refractivity contribution < 1.29 is 0 Å². The second-order valence-corrected chi connectivity index (χ2v) is 4.27. The molecule has 1 aromatic rings. The highest BCUT2D eigenvalue weighted by Gasteiger charge is 2.30. The molecular formula is C9H14ClN3O. The van der Waals surface area contributed by atoms with Crippen molar-refractivity contribution in [2.75, 3.05) is 5.88 Å². The van der Waals surface area contributed by atoms with Crippen molar-refractivity contribution >= 4 is 11.6 Å². The molecule has 4 nitrogen and oxygen atoms in total. The molecule has 0 aliphatic carbocycles. The predicted octanol–water partition coefficient (Wildman–Crippen LogP) is 2.28. The highest BCUT2D eigenvalue weighted by molar-refractivity contribution is 6.18. The van der Waals surface area contributed by atoms with Crippen LogP contribution in [0, 0.1) is 10.3 Å². The smallest absolute Gasteiger partial charge is 0.116 e. The molecule has 0 fully saturated rings. The number of imidazole rings is 1. The minimum Gasteiger partial charge on any atom is -0.335 e. The zero-order chi connectivity index (χ0) is 10.6. The third-order valence-electron chi connectivity index (χ3n) is 2.32. The van der Waals surface area contributed by atoms with Gasteiger partial charge in [-0.25, -0.2) is 4.98 Å². The van der Waals surface area contributed by atoms with Crippen molar-refractivity contribution in [2.45, 2.75) is 26.4 Å². The van der Waals surface area contributed by atoms with E-state index in [1.54, 1.807) is 12.5 Å². The molecule has 1 unspecified atom stereocenters. The highest BCUT2D eigenvalue weighted by Crippen LogP contribution is 2.26. The lowest BCUT2D eigenvalue weighted by Crippen LogP contribution is -2.32. The van der Waals surface area contributed by atoms with Crippen molar-refractivity contribution in [1.29, 1.82) is 0 Å². The van der Waals surface area contributed by atoms with Crippen LogP contribution in [0.1, 0.15) is 13.8 Å². The number of alkyl halides is 1. The average molecular weight is 216 g/mol. The molecule has 1 atom stereocenters. The molecule has 1 aromatic heterocycles. The van der Waals surface area contributed by atoms with E-state index in [4.69, 9.17) is 11.6 Å². The largest absolute Gasteiger partial charge is 0.335 e. The Morgan fingerprint density at radius 1 is 1.64 bits per heavy atom. The summed E-state index contributed by atoms with van der Waals surface area (Å²) in [5, 5.41) is 3.12. The molecule has 0 bridgehead atoms. The van der Waals surface area contributed by atoms with Crippen LogP contribution in [-0.2, 0) is 6.54 Å². The Labute approximate surface area is 88.3 Å². The topological polar surface area (TPSA) is 47.2 Å². The Balaban J connectivity index is 2.69. The van der Waals surface area contributed by atoms with Gasteiger partial charge in [-0.05, 0) is 0 Å². The number of halogens is 1. The lowest BCUT2D eigenvalue weighted by atomic mass is 9.87. The van der Waals surface area contributed by atoms with Gasteiger partial charge < -0.3 is 4.57 Å². The van der Waals surface area contributed by atoms with Crippen LogP contribution < -0.4 is 0 Å². The van der Waals surface area contributed by atoms with Crippen LogP contribution in [-0.4, -0.2) is 21.5 Å². The number of hydrogen-bond donors (Lipinski definition) is 0. The maximum absolute atomic E-state index is 10.7. The van der Waals surface area contributed by atoms with Crippen LogP contribution in [0.15, 0.2) is 23.9 Å². The van der Waals surface area contributed by atoms with Crippen molar-refractivity contribution in [3.05, 3.63) is 23.6 Å². The zero-order valence-electron chi connectivity index (χ0n) is 8.35. The summed E-state index contributed by atoms with van der Waals surface area (Å²) in [5.41, 5.74) is -0.284. The quantitative estimate of drug-likeness (QED) is 0.559.